The molecule has 3 aromatic rings. The third kappa shape index (κ3) is 4.43. The number of allylic oxidation sites excluding steroid dienone is 1. The summed E-state index contributed by atoms with van der Waals surface area (Å²) < 4.78 is 11.0. The molecule has 146 valence electrons. The van der Waals surface area contributed by atoms with Gasteiger partial charge in [-0.2, -0.15) is 5.10 Å². The number of aromatic amines is 1. The molecule has 1 heterocycles. The molecule has 0 amide bonds. The van der Waals surface area contributed by atoms with Crippen molar-refractivity contribution in [2.75, 3.05) is 14.2 Å². The van der Waals surface area contributed by atoms with Gasteiger partial charge in [-0.05, 0) is 31.0 Å². The molecule has 0 saturated heterocycles. The zero-order valence-corrected chi connectivity index (χ0v) is 16.7. The van der Waals surface area contributed by atoms with E-state index in [1.54, 1.807) is 14.2 Å². The summed E-state index contributed by atoms with van der Waals surface area (Å²) >= 11 is 0. The van der Waals surface area contributed by atoms with Crippen molar-refractivity contribution >= 4 is 0 Å². The number of hydrogen-bond donors (Lipinski definition) is 2. The highest BCUT2D eigenvalue weighted by molar-refractivity contribution is 5.63. The molecule has 3 rings (SSSR count). The van der Waals surface area contributed by atoms with Crippen LogP contribution in [0.15, 0.2) is 55.3 Å². The van der Waals surface area contributed by atoms with Crippen molar-refractivity contribution in [3.63, 3.8) is 0 Å². The Kier molecular flexibility index (Phi) is 6.50. The Bertz CT molecular complexity index is 947. The average Bonchev–Trinajstić information content (AvgIpc) is 3.16. The normalized spacial score (nSPS) is 10.7. The predicted molar refractivity (Wildman–Crippen MR) is 113 cm³/mol. The van der Waals surface area contributed by atoms with Crippen LogP contribution in [0.4, 0.5) is 0 Å². The zero-order valence-electron chi connectivity index (χ0n) is 16.7. The molecule has 0 fully saturated rings. The van der Waals surface area contributed by atoms with Gasteiger partial charge in [0.05, 0.1) is 26.1 Å². The highest BCUT2D eigenvalue weighted by Crippen LogP contribution is 2.33. The lowest BCUT2D eigenvalue weighted by atomic mass is 10.0. The molecular formula is C23H27N3O2. The number of methoxy groups -OCH3 is 2. The van der Waals surface area contributed by atoms with Gasteiger partial charge in [0.25, 0.3) is 0 Å². The van der Waals surface area contributed by atoms with Crippen LogP contribution in [0.3, 0.4) is 0 Å². The van der Waals surface area contributed by atoms with Gasteiger partial charge in [-0.3, -0.25) is 5.10 Å². The number of ether oxygens (including phenoxy) is 2. The maximum absolute atomic E-state index is 5.51. The highest BCUT2D eigenvalue weighted by atomic mass is 16.5. The first-order chi connectivity index (χ1) is 13.7. The van der Waals surface area contributed by atoms with E-state index < -0.39 is 0 Å². The number of nitrogens with zero attached hydrogens (tertiary/aromatic N) is 1. The third-order valence-corrected chi connectivity index (χ3v) is 4.65. The summed E-state index contributed by atoms with van der Waals surface area (Å²) in [6.07, 6.45) is 4.48. The lowest BCUT2D eigenvalue weighted by molar-refractivity contribution is 0.351. The zero-order chi connectivity index (χ0) is 19.9. The molecule has 2 aromatic carbocycles. The van der Waals surface area contributed by atoms with Crippen LogP contribution in [-0.4, -0.2) is 24.4 Å². The molecule has 0 saturated carbocycles. The van der Waals surface area contributed by atoms with Crippen LogP contribution in [0.5, 0.6) is 11.5 Å². The highest BCUT2D eigenvalue weighted by Gasteiger charge is 2.12. The van der Waals surface area contributed by atoms with Crippen molar-refractivity contribution in [3.05, 3.63) is 77.5 Å². The van der Waals surface area contributed by atoms with Crippen molar-refractivity contribution < 1.29 is 9.47 Å². The Labute approximate surface area is 166 Å². The van der Waals surface area contributed by atoms with E-state index in [4.69, 9.17) is 9.47 Å². The number of hydrogen-bond acceptors (Lipinski definition) is 4. The molecule has 0 atom stereocenters. The van der Waals surface area contributed by atoms with Crippen molar-refractivity contribution in [2.45, 2.75) is 26.4 Å². The van der Waals surface area contributed by atoms with Crippen LogP contribution >= 0.6 is 0 Å². The molecule has 0 aliphatic carbocycles. The van der Waals surface area contributed by atoms with Gasteiger partial charge in [0.1, 0.15) is 0 Å². The van der Waals surface area contributed by atoms with E-state index >= 15 is 0 Å². The van der Waals surface area contributed by atoms with Crippen molar-refractivity contribution in [2.24, 2.45) is 0 Å². The summed E-state index contributed by atoms with van der Waals surface area (Å²) in [5, 5.41) is 10.9. The molecule has 2 N–H and O–H groups in total. The molecule has 28 heavy (non-hydrogen) atoms. The van der Waals surface area contributed by atoms with Crippen LogP contribution < -0.4 is 14.8 Å². The molecule has 0 spiro atoms. The Hall–Kier alpha value is -3.05. The smallest absolute Gasteiger partial charge is 0.164 e. The summed E-state index contributed by atoms with van der Waals surface area (Å²) in [5.41, 5.74) is 6.76. The van der Waals surface area contributed by atoms with Gasteiger partial charge >= 0.3 is 0 Å². The van der Waals surface area contributed by atoms with Crippen molar-refractivity contribution in [1.82, 2.24) is 15.5 Å². The largest absolute Gasteiger partial charge is 0.493 e. The Morgan fingerprint density at radius 2 is 1.96 bits per heavy atom. The van der Waals surface area contributed by atoms with Gasteiger partial charge < -0.3 is 14.8 Å². The average molecular weight is 377 g/mol. The third-order valence-electron chi connectivity index (χ3n) is 4.65. The van der Waals surface area contributed by atoms with E-state index in [9.17, 15) is 0 Å². The second-order valence-corrected chi connectivity index (χ2v) is 6.73. The van der Waals surface area contributed by atoms with Gasteiger partial charge in [-0.25, -0.2) is 0 Å². The van der Waals surface area contributed by atoms with Crippen LogP contribution in [0.25, 0.3) is 11.3 Å². The van der Waals surface area contributed by atoms with Crippen LogP contribution in [-0.2, 0) is 19.5 Å². The molecule has 0 radical (unpaired) electrons. The SMILES string of the molecule is C=CCc1cc(CNCc2cn[nH]c2-c2cccc(C)c2)cc(OC)c1OC. The first-order valence-corrected chi connectivity index (χ1v) is 9.31. The summed E-state index contributed by atoms with van der Waals surface area (Å²) in [7, 11) is 3.32. The number of benzene rings is 2. The summed E-state index contributed by atoms with van der Waals surface area (Å²) in [4.78, 5) is 0. The Balaban J connectivity index is 1.73. The van der Waals surface area contributed by atoms with Gasteiger partial charge in [-0.1, -0.05) is 35.9 Å². The molecule has 0 aliphatic heterocycles. The second-order valence-electron chi connectivity index (χ2n) is 6.73. The first kappa shape index (κ1) is 19.7. The van der Waals surface area contributed by atoms with E-state index in [0.29, 0.717) is 13.1 Å². The lowest BCUT2D eigenvalue weighted by Crippen LogP contribution is -2.13. The minimum atomic E-state index is 0.711. The van der Waals surface area contributed by atoms with Crippen molar-refractivity contribution in [3.8, 4) is 22.8 Å². The van der Waals surface area contributed by atoms with E-state index in [2.05, 4.69) is 59.3 Å². The second kappa shape index (κ2) is 9.24. The number of nitrogens with one attached hydrogen (secondary N) is 2. The van der Waals surface area contributed by atoms with Crippen LogP contribution in [0.2, 0.25) is 0 Å². The van der Waals surface area contributed by atoms with Crippen LogP contribution in [0.1, 0.15) is 22.3 Å². The number of rotatable bonds is 9. The molecule has 5 nitrogen and oxygen atoms in total. The fraction of sp³-hybridized carbons (Fsp3) is 0.261. The maximum Gasteiger partial charge on any atom is 0.164 e. The van der Waals surface area contributed by atoms with E-state index in [1.807, 2.05) is 18.3 Å². The number of aryl methyl sites for hydroxylation is 1. The summed E-state index contributed by atoms with van der Waals surface area (Å²) in [6.45, 7) is 7.35. The summed E-state index contributed by atoms with van der Waals surface area (Å²) in [5.74, 6) is 1.50. The Morgan fingerprint density at radius 3 is 2.68 bits per heavy atom. The quantitative estimate of drug-likeness (QED) is 0.542. The number of aromatic nitrogens is 2. The molecule has 5 heteroatoms. The summed E-state index contributed by atoms with van der Waals surface area (Å²) in [6, 6.07) is 12.6. The monoisotopic (exact) mass is 377 g/mol. The maximum atomic E-state index is 5.51. The molecule has 0 bridgehead atoms. The van der Waals surface area contributed by atoms with Gasteiger partial charge in [0.15, 0.2) is 11.5 Å². The van der Waals surface area contributed by atoms with Crippen molar-refractivity contribution in [1.29, 1.82) is 0 Å². The first-order valence-electron chi connectivity index (χ1n) is 9.31. The predicted octanol–water partition coefficient (Wildman–Crippen LogP) is 4.42. The van der Waals surface area contributed by atoms with E-state index in [1.165, 1.54) is 5.56 Å². The minimum Gasteiger partial charge on any atom is -0.493 e. The standard InChI is InChI=1S/C23H27N3O2/c1-5-7-19-11-17(12-21(27-3)23(19)28-4)13-24-14-20-15-25-26-22(20)18-9-6-8-16(2)10-18/h5-6,8-12,15,24H,1,7,13-14H2,2-4H3,(H,25,26). The van der Waals surface area contributed by atoms with E-state index in [-0.39, 0.29) is 0 Å². The molecular weight excluding hydrogens is 350 g/mol. The topological polar surface area (TPSA) is 59.2 Å². The number of H-pyrrole nitrogens is 1. The lowest BCUT2D eigenvalue weighted by Gasteiger charge is -2.15. The van der Waals surface area contributed by atoms with Gasteiger partial charge in [0.2, 0.25) is 0 Å². The van der Waals surface area contributed by atoms with Gasteiger partial charge in [0, 0.05) is 29.8 Å². The van der Waals surface area contributed by atoms with Crippen LogP contribution in [0, 0.1) is 6.92 Å². The van der Waals surface area contributed by atoms with Gasteiger partial charge in [-0.15, -0.1) is 6.58 Å². The molecule has 1 aromatic heterocycles. The molecule has 0 unspecified atom stereocenters. The Morgan fingerprint density at radius 1 is 1.11 bits per heavy atom. The molecule has 0 aliphatic rings. The fourth-order valence-corrected chi connectivity index (χ4v) is 3.35. The fourth-order valence-electron chi connectivity index (χ4n) is 3.35. The minimum absolute atomic E-state index is 0.711. The van der Waals surface area contributed by atoms with E-state index in [0.717, 1.165) is 45.9 Å².